The molecule has 0 saturated carbocycles. The van der Waals surface area contributed by atoms with Gasteiger partial charge in [0.05, 0.1) is 6.10 Å². The number of carbonyl (C=O) groups is 5. The summed E-state index contributed by atoms with van der Waals surface area (Å²) < 4.78 is 0. The van der Waals surface area contributed by atoms with Crippen LogP contribution in [0.4, 0.5) is 0 Å². The number of nitrogens with one attached hydrogen (secondary N) is 3. The predicted molar refractivity (Wildman–Crippen MR) is 117 cm³/mol. The Morgan fingerprint density at radius 3 is 2.00 bits per heavy atom. The number of primary amides is 1. The van der Waals surface area contributed by atoms with Crippen molar-refractivity contribution < 1.29 is 34.2 Å². The predicted octanol–water partition coefficient (Wildman–Crippen LogP) is -2.24. The molecule has 0 aromatic heterocycles. The highest BCUT2D eigenvalue weighted by atomic mass is 16.4. The van der Waals surface area contributed by atoms with E-state index < -0.39 is 59.9 Å². The lowest BCUT2D eigenvalue weighted by molar-refractivity contribution is -0.142. The Kier molecular flexibility index (Phi) is 11.0. The van der Waals surface area contributed by atoms with Gasteiger partial charge in [-0.05, 0) is 25.8 Å². The van der Waals surface area contributed by atoms with Gasteiger partial charge in [0.15, 0.2) is 0 Å². The monoisotopic (exact) mass is 465 g/mol. The topological polar surface area (TPSA) is 214 Å². The first-order chi connectivity index (χ1) is 15.4. The number of hydrogen-bond donors (Lipinski definition) is 7. The zero-order chi connectivity index (χ0) is 25.1. The van der Waals surface area contributed by atoms with Gasteiger partial charge in [-0.2, -0.15) is 0 Å². The van der Waals surface area contributed by atoms with Crippen molar-refractivity contribution in [1.82, 2.24) is 16.0 Å². The van der Waals surface area contributed by atoms with Gasteiger partial charge in [0.2, 0.25) is 23.6 Å². The molecule has 0 aliphatic carbocycles. The van der Waals surface area contributed by atoms with Crippen LogP contribution in [0.1, 0.15) is 32.3 Å². The zero-order valence-electron chi connectivity index (χ0n) is 18.5. The third kappa shape index (κ3) is 9.66. The van der Waals surface area contributed by atoms with Crippen LogP contribution >= 0.6 is 0 Å². The summed E-state index contributed by atoms with van der Waals surface area (Å²) in [5.41, 5.74) is 11.3. The summed E-state index contributed by atoms with van der Waals surface area (Å²) in [4.78, 5) is 59.9. The molecule has 5 atom stereocenters. The van der Waals surface area contributed by atoms with E-state index in [0.29, 0.717) is 5.56 Å². The number of hydrogen-bond acceptors (Lipinski definition) is 7. The molecule has 0 aliphatic heterocycles. The number of rotatable bonds is 13. The van der Waals surface area contributed by atoms with Crippen LogP contribution in [0.2, 0.25) is 0 Å². The summed E-state index contributed by atoms with van der Waals surface area (Å²) in [5, 5.41) is 25.9. The minimum atomic E-state index is -1.39. The van der Waals surface area contributed by atoms with Gasteiger partial charge in [0.25, 0.3) is 0 Å². The Balaban J connectivity index is 2.95. The molecule has 5 unspecified atom stereocenters. The van der Waals surface area contributed by atoms with Crippen molar-refractivity contribution in [1.29, 1.82) is 0 Å². The second kappa shape index (κ2) is 13.1. The highest BCUT2D eigenvalue weighted by Gasteiger charge is 2.29. The van der Waals surface area contributed by atoms with E-state index in [2.05, 4.69) is 16.0 Å². The van der Waals surface area contributed by atoms with Gasteiger partial charge in [0, 0.05) is 12.8 Å². The third-order valence-electron chi connectivity index (χ3n) is 4.78. The minimum absolute atomic E-state index is 0.0361. The first kappa shape index (κ1) is 27.5. The molecule has 0 radical (unpaired) electrons. The van der Waals surface area contributed by atoms with Crippen LogP contribution in [-0.4, -0.2) is 70.1 Å². The third-order valence-corrected chi connectivity index (χ3v) is 4.78. The molecular weight excluding hydrogens is 434 g/mol. The maximum absolute atomic E-state index is 12.8. The Bertz CT molecular complexity index is 847. The first-order valence-electron chi connectivity index (χ1n) is 10.3. The van der Waals surface area contributed by atoms with Gasteiger partial charge in [-0.25, -0.2) is 4.79 Å². The van der Waals surface area contributed by atoms with E-state index in [9.17, 15) is 34.2 Å². The van der Waals surface area contributed by atoms with Crippen LogP contribution in [0.5, 0.6) is 0 Å². The van der Waals surface area contributed by atoms with Gasteiger partial charge in [0.1, 0.15) is 24.2 Å². The van der Waals surface area contributed by atoms with E-state index in [0.717, 1.165) is 0 Å². The lowest BCUT2D eigenvalue weighted by Crippen LogP contribution is -2.57. The van der Waals surface area contributed by atoms with Gasteiger partial charge >= 0.3 is 5.97 Å². The number of nitrogens with two attached hydrogens (primary N) is 2. The number of carboxylic acid groups (broad SMARTS) is 1. The largest absolute Gasteiger partial charge is 0.480 e. The highest BCUT2D eigenvalue weighted by molar-refractivity contribution is 5.94. The van der Waals surface area contributed by atoms with Crippen LogP contribution in [0.15, 0.2) is 30.3 Å². The van der Waals surface area contributed by atoms with E-state index >= 15 is 0 Å². The molecule has 0 spiro atoms. The van der Waals surface area contributed by atoms with Crippen molar-refractivity contribution in [2.24, 2.45) is 11.5 Å². The lowest BCUT2D eigenvalue weighted by atomic mass is 10.0. The maximum atomic E-state index is 12.8. The Morgan fingerprint density at radius 1 is 0.909 bits per heavy atom. The molecule has 0 saturated heterocycles. The van der Waals surface area contributed by atoms with Crippen molar-refractivity contribution in [2.45, 2.75) is 63.4 Å². The van der Waals surface area contributed by atoms with Crippen molar-refractivity contribution >= 4 is 29.6 Å². The van der Waals surface area contributed by atoms with Crippen LogP contribution in [0, 0.1) is 0 Å². The molecule has 12 heteroatoms. The fourth-order valence-electron chi connectivity index (χ4n) is 2.77. The summed E-state index contributed by atoms with van der Waals surface area (Å²) in [6.07, 6.45) is -1.56. The van der Waals surface area contributed by atoms with E-state index in [1.54, 1.807) is 30.3 Å². The molecule has 0 fully saturated rings. The van der Waals surface area contributed by atoms with Gasteiger partial charge in [-0.1, -0.05) is 30.3 Å². The second-order valence-corrected chi connectivity index (χ2v) is 7.65. The fourth-order valence-corrected chi connectivity index (χ4v) is 2.77. The van der Waals surface area contributed by atoms with Crippen LogP contribution < -0.4 is 27.4 Å². The van der Waals surface area contributed by atoms with Crippen molar-refractivity contribution in [3.05, 3.63) is 35.9 Å². The lowest BCUT2D eigenvalue weighted by Gasteiger charge is -2.24. The number of carbonyl (C=O) groups excluding carboxylic acids is 4. The average Bonchev–Trinajstić information content (AvgIpc) is 2.75. The second-order valence-electron chi connectivity index (χ2n) is 7.65. The van der Waals surface area contributed by atoms with E-state index in [1.165, 1.54) is 13.8 Å². The molecule has 1 aromatic rings. The van der Waals surface area contributed by atoms with Crippen molar-refractivity contribution in [2.75, 3.05) is 0 Å². The molecule has 12 nitrogen and oxygen atoms in total. The molecule has 0 heterocycles. The zero-order valence-corrected chi connectivity index (χ0v) is 18.5. The van der Waals surface area contributed by atoms with Crippen molar-refractivity contribution in [3.63, 3.8) is 0 Å². The molecule has 0 aliphatic rings. The molecule has 0 bridgehead atoms. The smallest absolute Gasteiger partial charge is 0.326 e. The SMILES string of the molecule is CC(NC(=O)C(N)C(C)O)C(=O)NC(Cc1ccccc1)C(=O)NC(CCC(N)=O)C(=O)O. The normalized spacial score (nSPS) is 15.3. The number of carboxylic acids is 1. The molecule has 33 heavy (non-hydrogen) atoms. The Morgan fingerprint density at radius 2 is 1.48 bits per heavy atom. The van der Waals surface area contributed by atoms with Gasteiger partial charge in [-0.15, -0.1) is 0 Å². The molecule has 1 rings (SSSR count). The number of aliphatic carboxylic acids is 1. The summed E-state index contributed by atoms with van der Waals surface area (Å²) in [7, 11) is 0. The fraction of sp³-hybridized carbons (Fsp3) is 0.476. The number of amides is 4. The average molecular weight is 466 g/mol. The Labute approximate surface area is 191 Å². The van der Waals surface area contributed by atoms with Crippen molar-refractivity contribution in [3.8, 4) is 0 Å². The minimum Gasteiger partial charge on any atom is -0.480 e. The highest BCUT2D eigenvalue weighted by Crippen LogP contribution is 2.06. The molecule has 9 N–H and O–H groups in total. The van der Waals surface area contributed by atoms with Crippen LogP contribution in [0.25, 0.3) is 0 Å². The molecule has 182 valence electrons. The standard InChI is InChI=1S/C21H31N5O7/c1-11(24-20(31)17(23)12(2)27)18(29)26-15(10-13-6-4-3-5-7-13)19(30)25-14(21(32)33)8-9-16(22)28/h3-7,11-12,14-15,17,27H,8-10,23H2,1-2H3,(H2,22,28)(H,24,31)(H,25,30)(H,26,29)(H,32,33). The summed E-state index contributed by atoms with van der Waals surface area (Å²) in [6, 6.07) is 3.77. The van der Waals surface area contributed by atoms with Crippen LogP contribution in [0.3, 0.4) is 0 Å². The van der Waals surface area contributed by atoms with E-state index in [1.807, 2.05) is 0 Å². The number of aliphatic hydroxyl groups is 1. The first-order valence-corrected chi connectivity index (χ1v) is 10.3. The number of benzene rings is 1. The molecular formula is C21H31N5O7. The quantitative estimate of drug-likeness (QED) is 0.169. The summed E-state index contributed by atoms with van der Waals surface area (Å²) in [6.45, 7) is 2.69. The summed E-state index contributed by atoms with van der Waals surface area (Å²) in [5.74, 6) is -4.34. The van der Waals surface area contributed by atoms with Gasteiger partial charge in [-0.3, -0.25) is 19.2 Å². The molecule has 4 amide bonds. The van der Waals surface area contributed by atoms with E-state index in [4.69, 9.17) is 11.5 Å². The number of aliphatic hydroxyl groups excluding tert-OH is 1. The van der Waals surface area contributed by atoms with Crippen LogP contribution in [-0.2, 0) is 30.4 Å². The molecule has 1 aromatic carbocycles. The maximum Gasteiger partial charge on any atom is 0.326 e. The van der Waals surface area contributed by atoms with E-state index in [-0.39, 0.29) is 19.3 Å². The Hall–Kier alpha value is -3.51. The van der Waals surface area contributed by atoms with Gasteiger partial charge < -0.3 is 37.6 Å². The summed E-state index contributed by atoms with van der Waals surface area (Å²) >= 11 is 0.